The fourth-order valence-corrected chi connectivity index (χ4v) is 2.79. The average Bonchev–Trinajstić information content (AvgIpc) is 2.92. The van der Waals surface area contributed by atoms with Crippen LogP contribution < -0.4 is 10.5 Å². The predicted molar refractivity (Wildman–Crippen MR) is 87.3 cm³/mol. The zero-order valence-electron chi connectivity index (χ0n) is 12.2. The largest absolute Gasteiger partial charge is 0.494 e. The zero-order chi connectivity index (χ0) is 14.4. The lowest BCUT2D eigenvalue weighted by Crippen LogP contribution is -2.23. The van der Waals surface area contributed by atoms with Crippen LogP contribution in [0.3, 0.4) is 0 Å². The highest BCUT2D eigenvalue weighted by molar-refractivity contribution is 7.80. The minimum atomic E-state index is 0.415. The molecule has 0 amide bonds. The minimum Gasteiger partial charge on any atom is -0.494 e. The van der Waals surface area contributed by atoms with E-state index in [0.29, 0.717) is 4.99 Å². The molecule has 110 valence electrons. The smallest absolute Gasteiger partial charge is 0.119 e. The van der Waals surface area contributed by atoms with Crippen LogP contribution in [0.15, 0.2) is 24.3 Å². The fraction of sp³-hybridized carbons (Fsp3) is 0.562. The quantitative estimate of drug-likeness (QED) is 0.619. The molecular formula is C16H24N2OS. The summed E-state index contributed by atoms with van der Waals surface area (Å²) in [6.45, 7) is 6.66. The Morgan fingerprint density at radius 3 is 3.05 bits per heavy atom. The summed E-state index contributed by atoms with van der Waals surface area (Å²) in [4.78, 5) is 2.96. The van der Waals surface area contributed by atoms with Gasteiger partial charge in [0.1, 0.15) is 10.7 Å². The van der Waals surface area contributed by atoms with E-state index in [4.69, 9.17) is 22.7 Å². The Balaban J connectivity index is 1.68. The van der Waals surface area contributed by atoms with E-state index >= 15 is 0 Å². The molecule has 1 aromatic rings. The van der Waals surface area contributed by atoms with Crippen LogP contribution in [0.5, 0.6) is 5.75 Å². The average molecular weight is 292 g/mol. The van der Waals surface area contributed by atoms with Crippen LogP contribution in [0.25, 0.3) is 0 Å². The lowest BCUT2D eigenvalue weighted by atomic mass is 10.1. The number of hydrogen-bond donors (Lipinski definition) is 1. The van der Waals surface area contributed by atoms with Gasteiger partial charge in [-0.1, -0.05) is 37.7 Å². The third-order valence-corrected chi connectivity index (χ3v) is 4.19. The maximum atomic E-state index is 5.77. The molecule has 0 aromatic heterocycles. The van der Waals surface area contributed by atoms with Gasteiger partial charge in [0.2, 0.25) is 0 Å². The molecule has 4 heteroatoms. The molecule has 2 rings (SSSR count). The zero-order valence-corrected chi connectivity index (χ0v) is 13.0. The van der Waals surface area contributed by atoms with Crippen molar-refractivity contribution in [3.8, 4) is 5.75 Å². The molecule has 0 bridgehead atoms. The molecule has 2 N–H and O–H groups in total. The molecule has 0 saturated carbocycles. The number of hydrogen-bond acceptors (Lipinski definition) is 3. The monoisotopic (exact) mass is 292 g/mol. The molecule has 0 radical (unpaired) electrons. The van der Waals surface area contributed by atoms with E-state index in [1.165, 1.54) is 25.9 Å². The molecule has 3 nitrogen and oxygen atoms in total. The van der Waals surface area contributed by atoms with E-state index in [1.807, 2.05) is 24.3 Å². The van der Waals surface area contributed by atoms with Gasteiger partial charge in [-0.3, -0.25) is 0 Å². The van der Waals surface area contributed by atoms with Gasteiger partial charge in [-0.25, -0.2) is 0 Å². The highest BCUT2D eigenvalue weighted by atomic mass is 32.1. The van der Waals surface area contributed by atoms with E-state index in [2.05, 4.69) is 11.8 Å². The first-order valence-electron chi connectivity index (χ1n) is 7.44. The number of thiocarbonyl (C=S) groups is 1. The van der Waals surface area contributed by atoms with Crippen molar-refractivity contribution in [2.24, 2.45) is 11.7 Å². The summed E-state index contributed by atoms with van der Waals surface area (Å²) in [5.74, 6) is 1.75. The van der Waals surface area contributed by atoms with Gasteiger partial charge in [0.05, 0.1) is 6.61 Å². The van der Waals surface area contributed by atoms with Crippen LogP contribution in [-0.2, 0) is 0 Å². The van der Waals surface area contributed by atoms with Crippen LogP contribution >= 0.6 is 12.2 Å². The normalized spacial score (nSPS) is 19.1. The number of rotatable bonds is 7. The molecule has 0 aliphatic carbocycles. The highest BCUT2D eigenvalue weighted by Crippen LogP contribution is 2.19. The standard InChI is InChI=1S/C16H24N2OS/c1-2-13-7-9-18(12-13)8-4-10-19-15-6-3-5-14(11-15)16(17)20/h3,5-6,11,13H,2,4,7-10,12H2,1H3,(H2,17,20). The van der Waals surface area contributed by atoms with Gasteiger partial charge in [-0.15, -0.1) is 0 Å². The molecule has 1 saturated heterocycles. The van der Waals surface area contributed by atoms with Crippen molar-refractivity contribution < 1.29 is 4.74 Å². The van der Waals surface area contributed by atoms with E-state index < -0.39 is 0 Å². The van der Waals surface area contributed by atoms with Crippen LogP contribution in [0.4, 0.5) is 0 Å². The molecule has 1 aromatic carbocycles. The Bertz CT molecular complexity index is 450. The van der Waals surface area contributed by atoms with Crippen LogP contribution in [0, 0.1) is 5.92 Å². The SMILES string of the molecule is CCC1CCN(CCCOc2cccc(C(N)=S)c2)C1. The Labute approximate surface area is 127 Å². The summed E-state index contributed by atoms with van der Waals surface area (Å²) in [6, 6.07) is 7.69. The van der Waals surface area contributed by atoms with Gasteiger partial charge in [0.25, 0.3) is 0 Å². The summed E-state index contributed by atoms with van der Waals surface area (Å²) in [5.41, 5.74) is 6.48. The molecule has 1 unspecified atom stereocenters. The van der Waals surface area contributed by atoms with Crippen LogP contribution in [-0.4, -0.2) is 36.1 Å². The van der Waals surface area contributed by atoms with Crippen molar-refractivity contribution in [2.45, 2.75) is 26.2 Å². The van der Waals surface area contributed by atoms with Crippen molar-refractivity contribution in [2.75, 3.05) is 26.2 Å². The molecule has 1 fully saturated rings. The molecule has 1 heterocycles. The second-order valence-corrected chi connectivity index (χ2v) is 5.90. The third kappa shape index (κ3) is 4.46. The third-order valence-electron chi connectivity index (χ3n) is 3.95. The van der Waals surface area contributed by atoms with Crippen LogP contribution in [0.1, 0.15) is 31.7 Å². The highest BCUT2D eigenvalue weighted by Gasteiger charge is 2.19. The van der Waals surface area contributed by atoms with E-state index in [9.17, 15) is 0 Å². The minimum absolute atomic E-state index is 0.415. The topological polar surface area (TPSA) is 38.5 Å². The lowest BCUT2D eigenvalue weighted by Gasteiger charge is -2.15. The summed E-state index contributed by atoms with van der Waals surface area (Å²) in [6.07, 6.45) is 3.72. The first-order chi connectivity index (χ1) is 9.69. The Kier molecular flexibility index (Phi) is 5.80. The van der Waals surface area contributed by atoms with Gasteiger partial charge in [-0.2, -0.15) is 0 Å². The summed E-state index contributed by atoms with van der Waals surface area (Å²) in [5, 5.41) is 0. The molecule has 20 heavy (non-hydrogen) atoms. The molecule has 0 spiro atoms. The molecule has 1 aliphatic rings. The van der Waals surface area contributed by atoms with Crippen LogP contribution in [0.2, 0.25) is 0 Å². The number of nitrogens with zero attached hydrogens (tertiary/aromatic N) is 1. The van der Waals surface area contributed by atoms with Crippen molar-refractivity contribution >= 4 is 17.2 Å². The van der Waals surface area contributed by atoms with Crippen molar-refractivity contribution in [3.63, 3.8) is 0 Å². The Hall–Kier alpha value is -1.13. The molecule has 1 aliphatic heterocycles. The Morgan fingerprint density at radius 2 is 2.35 bits per heavy atom. The van der Waals surface area contributed by atoms with Crippen molar-refractivity contribution in [1.29, 1.82) is 0 Å². The predicted octanol–water partition coefficient (Wildman–Crippen LogP) is 2.82. The maximum absolute atomic E-state index is 5.77. The second-order valence-electron chi connectivity index (χ2n) is 5.46. The Morgan fingerprint density at radius 1 is 1.50 bits per heavy atom. The second kappa shape index (κ2) is 7.60. The van der Waals surface area contributed by atoms with Gasteiger partial charge in [0.15, 0.2) is 0 Å². The van der Waals surface area contributed by atoms with Gasteiger partial charge >= 0.3 is 0 Å². The lowest BCUT2D eigenvalue weighted by molar-refractivity contribution is 0.258. The molecule has 1 atom stereocenters. The maximum Gasteiger partial charge on any atom is 0.119 e. The van der Waals surface area contributed by atoms with Gasteiger partial charge in [-0.05, 0) is 37.4 Å². The van der Waals surface area contributed by atoms with Crippen molar-refractivity contribution in [1.82, 2.24) is 4.90 Å². The summed E-state index contributed by atoms with van der Waals surface area (Å²) >= 11 is 4.97. The number of nitrogens with two attached hydrogens (primary N) is 1. The number of likely N-dealkylation sites (tertiary alicyclic amines) is 1. The first kappa shape index (κ1) is 15.3. The van der Waals surface area contributed by atoms with E-state index in [0.717, 1.165) is 36.8 Å². The van der Waals surface area contributed by atoms with Crippen molar-refractivity contribution in [3.05, 3.63) is 29.8 Å². The number of benzene rings is 1. The van der Waals surface area contributed by atoms with Gasteiger partial charge < -0.3 is 15.4 Å². The number of ether oxygens (including phenoxy) is 1. The van der Waals surface area contributed by atoms with E-state index in [-0.39, 0.29) is 0 Å². The van der Waals surface area contributed by atoms with E-state index in [1.54, 1.807) is 0 Å². The summed E-state index contributed by atoms with van der Waals surface area (Å²) in [7, 11) is 0. The summed E-state index contributed by atoms with van der Waals surface area (Å²) < 4.78 is 5.77. The molecular weight excluding hydrogens is 268 g/mol. The first-order valence-corrected chi connectivity index (χ1v) is 7.85. The fourth-order valence-electron chi connectivity index (χ4n) is 2.67. The van der Waals surface area contributed by atoms with Gasteiger partial charge in [0, 0.05) is 18.7 Å².